The van der Waals surface area contributed by atoms with E-state index in [0.717, 1.165) is 27.8 Å². The van der Waals surface area contributed by atoms with Gasteiger partial charge in [-0.05, 0) is 41.7 Å². The highest BCUT2D eigenvalue weighted by Crippen LogP contribution is 2.44. The maximum Gasteiger partial charge on any atom is 0.408 e. The van der Waals surface area contributed by atoms with Crippen molar-refractivity contribution < 1.29 is 24.2 Å². The van der Waals surface area contributed by atoms with Crippen molar-refractivity contribution in [1.29, 1.82) is 0 Å². The summed E-state index contributed by atoms with van der Waals surface area (Å²) in [5.41, 5.74) is 5.91. The van der Waals surface area contributed by atoms with Gasteiger partial charge in [0.25, 0.3) is 0 Å². The average Bonchev–Trinajstić information content (AvgIpc) is 3.15. The van der Waals surface area contributed by atoms with Crippen molar-refractivity contribution in [2.75, 3.05) is 6.61 Å². The van der Waals surface area contributed by atoms with Gasteiger partial charge in [0.2, 0.25) is 5.91 Å². The summed E-state index contributed by atoms with van der Waals surface area (Å²) in [6.07, 6.45) is -0.759. The zero-order valence-corrected chi connectivity index (χ0v) is 18.9. The summed E-state index contributed by atoms with van der Waals surface area (Å²) in [7, 11) is 0. The SMILES string of the molecule is Cc1ccc(C(NC(=O)OCC2c3ccccc3-c3ccccc32)C(=O)N[C@@H](C)C(=O)O)cc1. The molecule has 7 nitrogen and oxygen atoms in total. The van der Waals surface area contributed by atoms with E-state index in [0.29, 0.717) is 5.56 Å². The Labute approximate surface area is 197 Å². The number of amides is 2. The van der Waals surface area contributed by atoms with Crippen LogP contribution in [0.4, 0.5) is 4.79 Å². The molecule has 0 aromatic heterocycles. The molecule has 0 aliphatic heterocycles. The molecule has 0 radical (unpaired) electrons. The zero-order chi connectivity index (χ0) is 24.2. The Hall–Kier alpha value is -4.13. The van der Waals surface area contributed by atoms with Crippen LogP contribution < -0.4 is 10.6 Å². The zero-order valence-electron chi connectivity index (χ0n) is 18.9. The first kappa shape index (κ1) is 23.0. The summed E-state index contributed by atoms with van der Waals surface area (Å²) in [4.78, 5) is 36.8. The Balaban J connectivity index is 1.49. The van der Waals surface area contributed by atoms with Gasteiger partial charge in [-0.15, -0.1) is 0 Å². The van der Waals surface area contributed by atoms with Crippen LogP contribution in [0, 0.1) is 6.92 Å². The standard InChI is InChI=1S/C27H26N2O5/c1-16-11-13-18(14-12-16)24(25(30)28-17(2)26(31)32)29-27(33)34-15-23-21-9-5-3-7-19(21)20-8-4-6-10-22(20)23/h3-14,17,23-24H,15H2,1-2H3,(H,28,30)(H,29,33)(H,31,32)/t17-,24?/m0/s1. The fourth-order valence-corrected chi connectivity index (χ4v) is 4.18. The van der Waals surface area contributed by atoms with Crippen molar-refractivity contribution in [3.8, 4) is 11.1 Å². The Morgan fingerprint density at radius 1 is 0.882 bits per heavy atom. The molecule has 174 valence electrons. The number of carboxylic acid groups (broad SMARTS) is 1. The lowest BCUT2D eigenvalue weighted by Gasteiger charge is -2.21. The van der Waals surface area contributed by atoms with Gasteiger partial charge in [0.05, 0.1) is 0 Å². The van der Waals surface area contributed by atoms with E-state index in [2.05, 4.69) is 22.8 Å². The van der Waals surface area contributed by atoms with Gasteiger partial charge < -0.3 is 20.5 Å². The number of benzene rings is 3. The number of rotatable bonds is 7. The maximum atomic E-state index is 12.8. The summed E-state index contributed by atoms with van der Waals surface area (Å²) in [5, 5.41) is 14.2. The second kappa shape index (κ2) is 9.79. The summed E-state index contributed by atoms with van der Waals surface area (Å²) in [5.74, 6) is -1.92. The molecule has 3 aromatic carbocycles. The molecule has 0 spiro atoms. The van der Waals surface area contributed by atoms with Crippen molar-refractivity contribution in [3.05, 3.63) is 95.1 Å². The van der Waals surface area contributed by atoms with Crippen LogP contribution >= 0.6 is 0 Å². The lowest BCUT2D eigenvalue weighted by atomic mass is 9.98. The second-order valence-corrected chi connectivity index (χ2v) is 8.38. The maximum absolute atomic E-state index is 12.8. The van der Waals surface area contributed by atoms with Gasteiger partial charge in [0, 0.05) is 5.92 Å². The van der Waals surface area contributed by atoms with Gasteiger partial charge in [-0.1, -0.05) is 78.4 Å². The third kappa shape index (κ3) is 4.78. The number of ether oxygens (including phenoxy) is 1. The van der Waals surface area contributed by atoms with Gasteiger partial charge in [-0.2, -0.15) is 0 Å². The highest BCUT2D eigenvalue weighted by atomic mass is 16.5. The van der Waals surface area contributed by atoms with Crippen LogP contribution in [-0.4, -0.2) is 35.7 Å². The number of carbonyl (C=O) groups excluding carboxylic acids is 2. The van der Waals surface area contributed by atoms with Crippen LogP contribution in [0.15, 0.2) is 72.8 Å². The molecular formula is C27H26N2O5. The normalized spacial score (nSPS) is 13.8. The minimum Gasteiger partial charge on any atom is -0.480 e. The first-order valence-electron chi connectivity index (χ1n) is 11.1. The quantitative estimate of drug-likeness (QED) is 0.493. The van der Waals surface area contributed by atoms with Crippen molar-refractivity contribution in [1.82, 2.24) is 10.6 Å². The molecule has 34 heavy (non-hydrogen) atoms. The van der Waals surface area contributed by atoms with Crippen LogP contribution in [0.1, 0.15) is 41.1 Å². The fourth-order valence-electron chi connectivity index (χ4n) is 4.18. The molecule has 0 bridgehead atoms. The van der Waals surface area contributed by atoms with Crippen LogP contribution in [0.25, 0.3) is 11.1 Å². The van der Waals surface area contributed by atoms with Crippen LogP contribution in [0.3, 0.4) is 0 Å². The Bertz CT molecular complexity index is 1180. The molecular weight excluding hydrogens is 432 g/mol. The predicted octanol–water partition coefficient (Wildman–Crippen LogP) is 4.16. The molecule has 3 N–H and O–H groups in total. The van der Waals surface area contributed by atoms with Crippen LogP contribution in [0.5, 0.6) is 0 Å². The molecule has 0 fully saturated rings. The van der Waals surface area contributed by atoms with E-state index in [-0.39, 0.29) is 12.5 Å². The lowest BCUT2D eigenvalue weighted by molar-refractivity contribution is -0.141. The van der Waals surface area contributed by atoms with E-state index < -0.39 is 30.1 Å². The van der Waals surface area contributed by atoms with Gasteiger partial charge in [0.15, 0.2) is 0 Å². The molecule has 0 saturated heterocycles. The largest absolute Gasteiger partial charge is 0.480 e. The van der Waals surface area contributed by atoms with Gasteiger partial charge in [0.1, 0.15) is 18.7 Å². The monoisotopic (exact) mass is 458 g/mol. The number of hydrogen-bond donors (Lipinski definition) is 3. The first-order valence-corrected chi connectivity index (χ1v) is 11.1. The fraction of sp³-hybridized carbons (Fsp3) is 0.222. The second-order valence-electron chi connectivity index (χ2n) is 8.38. The number of carboxylic acids is 1. The van der Waals surface area contributed by atoms with E-state index in [9.17, 15) is 14.4 Å². The highest BCUT2D eigenvalue weighted by molar-refractivity contribution is 5.90. The number of fused-ring (bicyclic) bond motifs is 3. The van der Waals surface area contributed by atoms with E-state index in [4.69, 9.17) is 9.84 Å². The molecule has 2 amide bonds. The van der Waals surface area contributed by atoms with Crippen LogP contribution in [0.2, 0.25) is 0 Å². The molecule has 7 heteroatoms. The lowest BCUT2D eigenvalue weighted by Crippen LogP contribution is -2.46. The van der Waals surface area contributed by atoms with Gasteiger partial charge in [-0.25, -0.2) is 4.79 Å². The van der Waals surface area contributed by atoms with E-state index >= 15 is 0 Å². The third-order valence-corrected chi connectivity index (χ3v) is 6.01. The number of aryl methyl sites for hydroxylation is 1. The van der Waals surface area contributed by atoms with E-state index in [1.807, 2.05) is 55.5 Å². The minimum absolute atomic E-state index is 0.105. The highest BCUT2D eigenvalue weighted by Gasteiger charge is 2.30. The Morgan fingerprint density at radius 2 is 1.44 bits per heavy atom. The minimum atomic E-state index is -1.17. The summed E-state index contributed by atoms with van der Waals surface area (Å²) in [6.45, 7) is 3.37. The number of carbonyl (C=O) groups is 3. The van der Waals surface area contributed by atoms with E-state index in [1.165, 1.54) is 6.92 Å². The van der Waals surface area contributed by atoms with Gasteiger partial charge in [-0.3, -0.25) is 9.59 Å². The van der Waals surface area contributed by atoms with Crippen molar-refractivity contribution in [3.63, 3.8) is 0 Å². The van der Waals surface area contributed by atoms with E-state index in [1.54, 1.807) is 12.1 Å². The molecule has 1 unspecified atom stereocenters. The molecule has 1 aliphatic carbocycles. The van der Waals surface area contributed by atoms with Crippen molar-refractivity contribution in [2.24, 2.45) is 0 Å². The molecule has 0 heterocycles. The molecule has 2 atom stereocenters. The number of aliphatic carboxylic acids is 1. The number of alkyl carbamates (subject to hydrolysis) is 1. The predicted molar refractivity (Wildman–Crippen MR) is 127 cm³/mol. The number of nitrogens with one attached hydrogen (secondary N) is 2. The topological polar surface area (TPSA) is 105 Å². The summed E-state index contributed by atoms with van der Waals surface area (Å²) in [6, 6.07) is 20.9. The van der Waals surface area contributed by atoms with Crippen LogP contribution in [-0.2, 0) is 14.3 Å². The smallest absolute Gasteiger partial charge is 0.408 e. The Kier molecular flexibility index (Phi) is 6.63. The first-order chi connectivity index (χ1) is 16.3. The van der Waals surface area contributed by atoms with Gasteiger partial charge >= 0.3 is 12.1 Å². The summed E-state index contributed by atoms with van der Waals surface area (Å²) >= 11 is 0. The molecule has 3 aromatic rings. The molecule has 1 aliphatic rings. The average molecular weight is 459 g/mol. The molecule has 4 rings (SSSR count). The van der Waals surface area contributed by atoms with Crippen molar-refractivity contribution >= 4 is 18.0 Å². The number of hydrogen-bond acceptors (Lipinski definition) is 4. The summed E-state index contributed by atoms with van der Waals surface area (Å²) < 4.78 is 5.57. The Morgan fingerprint density at radius 3 is 2.00 bits per heavy atom. The molecule has 0 saturated carbocycles. The third-order valence-electron chi connectivity index (χ3n) is 6.01. The van der Waals surface area contributed by atoms with Crippen molar-refractivity contribution in [2.45, 2.75) is 31.8 Å².